The van der Waals surface area contributed by atoms with Gasteiger partial charge in [0.05, 0.1) is 23.4 Å². The number of aromatic nitrogens is 1. The van der Waals surface area contributed by atoms with Crippen LogP contribution < -0.4 is 5.32 Å². The second kappa shape index (κ2) is 6.47. The van der Waals surface area contributed by atoms with Crippen molar-refractivity contribution in [3.05, 3.63) is 52.8 Å². The lowest BCUT2D eigenvalue weighted by Crippen LogP contribution is -2.47. The molecule has 5 heteroatoms. The molecule has 1 N–H and O–H groups in total. The molecular formula is C22H24N4O. The number of benzene rings is 1. The van der Waals surface area contributed by atoms with Crippen molar-refractivity contribution < 1.29 is 4.79 Å². The summed E-state index contributed by atoms with van der Waals surface area (Å²) in [6, 6.07) is 12.3. The predicted octanol–water partition coefficient (Wildman–Crippen LogP) is 3.26. The molecule has 0 radical (unpaired) electrons. The molecule has 2 aliphatic heterocycles. The maximum absolute atomic E-state index is 12.6. The second-order valence-electron chi connectivity index (χ2n) is 7.88. The smallest absolute Gasteiger partial charge is 0.242 e. The third-order valence-corrected chi connectivity index (χ3v) is 5.88. The number of rotatable bonds is 2. The standard InChI is InChI=1S/C22H24N4O/c1-14-4-5-16(13-23)18(10-14)17-11-15(2)24-20(12-17)19-6-7-22(25-19)8-9-26(3)21(22)27/h4-5,10-12,19,25H,6-9H2,1-3H3/t19-,22+/m0/s1. The van der Waals surface area contributed by atoms with Crippen molar-refractivity contribution in [1.29, 1.82) is 5.26 Å². The van der Waals surface area contributed by atoms with E-state index in [4.69, 9.17) is 4.98 Å². The summed E-state index contributed by atoms with van der Waals surface area (Å²) in [5, 5.41) is 13.1. The highest BCUT2D eigenvalue weighted by Gasteiger charge is 2.50. The van der Waals surface area contributed by atoms with E-state index in [-0.39, 0.29) is 11.9 Å². The van der Waals surface area contributed by atoms with Crippen molar-refractivity contribution in [2.45, 2.75) is 44.7 Å². The van der Waals surface area contributed by atoms with Crippen molar-refractivity contribution in [3.63, 3.8) is 0 Å². The number of likely N-dealkylation sites (tertiary alicyclic amines) is 1. The minimum Gasteiger partial charge on any atom is -0.344 e. The molecule has 2 atom stereocenters. The van der Waals surface area contributed by atoms with Gasteiger partial charge in [-0.05, 0) is 62.4 Å². The Bertz CT molecular complexity index is 961. The van der Waals surface area contributed by atoms with Gasteiger partial charge in [0.2, 0.25) is 5.91 Å². The molecule has 27 heavy (non-hydrogen) atoms. The van der Waals surface area contributed by atoms with Crippen LogP contribution in [0.4, 0.5) is 0 Å². The molecule has 5 nitrogen and oxygen atoms in total. The Balaban J connectivity index is 1.70. The Morgan fingerprint density at radius 3 is 2.78 bits per heavy atom. The van der Waals surface area contributed by atoms with Crippen LogP contribution in [-0.4, -0.2) is 34.9 Å². The first-order chi connectivity index (χ1) is 12.9. The molecule has 0 unspecified atom stereocenters. The van der Waals surface area contributed by atoms with Gasteiger partial charge in [-0.3, -0.25) is 15.1 Å². The predicted molar refractivity (Wildman–Crippen MR) is 104 cm³/mol. The lowest BCUT2D eigenvalue weighted by atomic mass is 9.95. The van der Waals surface area contributed by atoms with Gasteiger partial charge in [-0.1, -0.05) is 17.7 Å². The first kappa shape index (κ1) is 17.7. The zero-order valence-electron chi connectivity index (χ0n) is 16.0. The Hall–Kier alpha value is -2.71. The number of hydrogen-bond acceptors (Lipinski definition) is 4. The molecule has 2 saturated heterocycles. The van der Waals surface area contributed by atoms with E-state index in [0.29, 0.717) is 5.56 Å². The van der Waals surface area contributed by atoms with Crippen LogP contribution in [0.3, 0.4) is 0 Å². The summed E-state index contributed by atoms with van der Waals surface area (Å²) in [5.74, 6) is 0.198. The molecule has 3 heterocycles. The van der Waals surface area contributed by atoms with Gasteiger partial charge < -0.3 is 4.90 Å². The van der Waals surface area contributed by atoms with Crippen molar-refractivity contribution in [2.75, 3.05) is 13.6 Å². The average molecular weight is 360 g/mol. The van der Waals surface area contributed by atoms with Crippen molar-refractivity contribution in [3.8, 4) is 17.2 Å². The van der Waals surface area contributed by atoms with E-state index < -0.39 is 5.54 Å². The SMILES string of the molecule is Cc1ccc(C#N)c(-c2cc(C)nc([C@@H]3CC[C@]4(CCN(C)C4=O)N3)c2)c1. The Kier molecular flexibility index (Phi) is 4.24. The Labute approximate surface area is 160 Å². The average Bonchev–Trinajstić information content (AvgIpc) is 3.21. The van der Waals surface area contributed by atoms with Crippen LogP contribution >= 0.6 is 0 Å². The first-order valence-corrected chi connectivity index (χ1v) is 9.45. The molecular weight excluding hydrogens is 336 g/mol. The lowest BCUT2D eigenvalue weighted by Gasteiger charge is -2.23. The molecule has 1 aromatic heterocycles. The number of nitriles is 1. The van der Waals surface area contributed by atoms with Crippen molar-refractivity contribution in [1.82, 2.24) is 15.2 Å². The molecule has 2 aromatic rings. The summed E-state index contributed by atoms with van der Waals surface area (Å²) in [7, 11) is 1.87. The van der Waals surface area contributed by atoms with Crippen molar-refractivity contribution >= 4 is 5.91 Å². The van der Waals surface area contributed by atoms with E-state index in [1.165, 1.54) is 0 Å². The molecule has 138 valence electrons. The van der Waals surface area contributed by atoms with Gasteiger partial charge >= 0.3 is 0 Å². The topological polar surface area (TPSA) is 69.0 Å². The summed E-state index contributed by atoms with van der Waals surface area (Å²) in [6.45, 7) is 4.82. The van der Waals surface area contributed by atoms with E-state index in [0.717, 1.165) is 53.9 Å². The zero-order valence-corrected chi connectivity index (χ0v) is 16.0. The van der Waals surface area contributed by atoms with Gasteiger partial charge in [0, 0.05) is 19.3 Å². The number of likely N-dealkylation sites (N-methyl/N-ethyl adjacent to an activating group) is 1. The molecule has 1 aromatic carbocycles. The first-order valence-electron chi connectivity index (χ1n) is 9.45. The van der Waals surface area contributed by atoms with Crippen LogP contribution in [0.25, 0.3) is 11.1 Å². The van der Waals surface area contributed by atoms with E-state index in [1.54, 1.807) is 0 Å². The fourth-order valence-corrected chi connectivity index (χ4v) is 4.41. The molecule has 0 saturated carbocycles. The maximum Gasteiger partial charge on any atom is 0.242 e. The summed E-state index contributed by atoms with van der Waals surface area (Å²) in [5.41, 5.74) is 5.19. The number of nitrogens with one attached hydrogen (secondary N) is 1. The number of carbonyl (C=O) groups is 1. The minimum absolute atomic E-state index is 0.0643. The monoisotopic (exact) mass is 360 g/mol. The highest BCUT2D eigenvalue weighted by Crippen LogP contribution is 2.39. The van der Waals surface area contributed by atoms with E-state index in [9.17, 15) is 10.1 Å². The van der Waals surface area contributed by atoms with Gasteiger partial charge in [0.25, 0.3) is 0 Å². The van der Waals surface area contributed by atoms with Gasteiger partial charge in [0.15, 0.2) is 0 Å². The molecule has 0 bridgehead atoms. The largest absolute Gasteiger partial charge is 0.344 e. The second-order valence-corrected chi connectivity index (χ2v) is 7.88. The van der Waals surface area contributed by atoms with Crippen LogP contribution in [0.5, 0.6) is 0 Å². The lowest BCUT2D eigenvalue weighted by molar-refractivity contribution is -0.131. The normalized spacial score (nSPS) is 24.6. The third kappa shape index (κ3) is 3.00. The van der Waals surface area contributed by atoms with E-state index >= 15 is 0 Å². The van der Waals surface area contributed by atoms with Crippen LogP contribution in [0.1, 0.15) is 47.8 Å². The molecule has 2 aliphatic rings. The summed E-state index contributed by atoms with van der Waals surface area (Å²) in [4.78, 5) is 19.2. The molecule has 1 amide bonds. The van der Waals surface area contributed by atoms with Gasteiger partial charge in [0.1, 0.15) is 5.54 Å². The third-order valence-electron chi connectivity index (χ3n) is 5.88. The van der Waals surface area contributed by atoms with Gasteiger partial charge in [-0.15, -0.1) is 0 Å². The Morgan fingerprint density at radius 1 is 1.26 bits per heavy atom. The fourth-order valence-electron chi connectivity index (χ4n) is 4.41. The van der Waals surface area contributed by atoms with Crippen LogP contribution in [-0.2, 0) is 4.79 Å². The molecule has 4 rings (SSSR count). The van der Waals surface area contributed by atoms with Crippen LogP contribution in [0.2, 0.25) is 0 Å². The summed E-state index contributed by atoms with van der Waals surface area (Å²) >= 11 is 0. The van der Waals surface area contributed by atoms with Gasteiger partial charge in [-0.2, -0.15) is 5.26 Å². The van der Waals surface area contributed by atoms with E-state index in [1.807, 2.05) is 44.0 Å². The number of carbonyl (C=O) groups excluding carboxylic acids is 1. The Morgan fingerprint density at radius 2 is 2.07 bits per heavy atom. The maximum atomic E-state index is 12.6. The number of amides is 1. The quantitative estimate of drug-likeness (QED) is 0.892. The number of nitrogens with zero attached hydrogens (tertiary/aromatic N) is 3. The van der Waals surface area contributed by atoms with Gasteiger partial charge in [-0.25, -0.2) is 0 Å². The highest BCUT2D eigenvalue weighted by molar-refractivity contribution is 5.88. The number of aryl methyl sites for hydroxylation is 2. The molecule has 1 spiro atoms. The van der Waals surface area contributed by atoms with E-state index in [2.05, 4.69) is 23.5 Å². The molecule has 0 aliphatic carbocycles. The summed E-state index contributed by atoms with van der Waals surface area (Å²) in [6.07, 6.45) is 2.60. The minimum atomic E-state index is -0.424. The van der Waals surface area contributed by atoms with Crippen molar-refractivity contribution in [2.24, 2.45) is 0 Å². The highest BCUT2D eigenvalue weighted by atomic mass is 16.2. The zero-order chi connectivity index (χ0) is 19.2. The summed E-state index contributed by atoms with van der Waals surface area (Å²) < 4.78 is 0. The molecule has 2 fully saturated rings. The van der Waals surface area contributed by atoms with Crippen LogP contribution in [0.15, 0.2) is 30.3 Å². The number of pyridine rings is 1. The fraction of sp³-hybridized carbons (Fsp3) is 0.409. The number of hydrogen-bond donors (Lipinski definition) is 1. The van der Waals surface area contributed by atoms with Crippen LogP contribution in [0, 0.1) is 25.2 Å².